The third-order valence-electron chi connectivity index (χ3n) is 4.66. The molecule has 7 heteroatoms. The number of carbonyl (C=O) groups is 1. The van der Waals surface area contributed by atoms with Crippen molar-refractivity contribution in [3.8, 4) is 0 Å². The average molecular weight is 388 g/mol. The number of carbonyl (C=O) groups excluding carboxylic acids is 1. The van der Waals surface area contributed by atoms with E-state index in [4.69, 9.17) is 0 Å². The third kappa shape index (κ3) is 4.55. The summed E-state index contributed by atoms with van der Waals surface area (Å²) in [5.41, 5.74) is 3.01. The topological polar surface area (TPSA) is 77.9 Å². The summed E-state index contributed by atoms with van der Waals surface area (Å²) in [7, 11) is -3.84. The number of amides is 1. The molecule has 0 spiro atoms. The molecule has 1 atom stereocenters. The third-order valence-corrected chi connectivity index (χ3v) is 6.49. The molecule has 1 N–H and O–H groups in total. The van der Waals surface area contributed by atoms with Crippen LogP contribution in [0.1, 0.15) is 16.7 Å². The van der Waals surface area contributed by atoms with E-state index in [1.165, 1.54) is 17.0 Å². The molecule has 0 aromatic heterocycles. The molecule has 1 amide bonds. The smallest absolute Gasteiger partial charge is 0.243 e. The van der Waals surface area contributed by atoms with Crippen molar-refractivity contribution in [1.82, 2.24) is 9.21 Å². The first-order valence-corrected chi connectivity index (χ1v) is 10.3. The van der Waals surface area contributed by atoms with Crippen LogP contribution in [0.3, 0.4) is 0 Å². The first-order chi connectivity index (χ1) is 12.8. The number of aliphatic hydroxyl groups excluding tert-OH is 1. The number of sulfonamides is 1. The van der Waals surface area contributed by atoms with Crippen LogP contribution in [0.4, 0.5) is 0 Å². The molecule has 0 aliphatic carbocycles. The van der Waals surface area contributed by atoms with E-state index in [0.29, 0.717) is 6.54 Å². The molecule has 1 aliphatic heterocycles. The minimum atomic E-state index is -3.84. The maximum absolute atomic E-state index is 12.9. The SMILES string of the molecule is Cc1ccc(CN2CC(O)CN(S(=O)(=O)c3ccc(C)cc3)CC2=O)cc1. The van der Waals surface area contributed by atoms with Crippen LogP contribution in [-0.4, -0.2) is 54.4 Å². The van der Waals surface area contributed by atoms with Gasteiger partial charge in [0.05, 0.1) is 17.5 Å². The molecule has 2 aromatic carbocycles. The van der Waals surface area contributed by atoms with Crippen LogP contribution in [-0.2, 0) is 21.4 Å². The van der Waals surface area contributed by atoms with E-state index in [2.05, 4.69) is 0 Å². The molecule has 1 heterocycles. The van der Waals surface area contributed by atoms with Gasteiger partial charge in [-0.25, -0.2) is 8.42 Å². The number of aliphatic hydroxyl groups is 1. The lowest BCUT2D eigenvalue weighted by molar-refractivity contribution is -0.131. The Morgan fingerprint density at radius 2 is 1.52 bits per heavy atom. The maximum Gasteiger partial charge on any atom is 0.243 e. The molecule has 27 heavy (non-hydrogen) atoms. The highest BCUT2D eigenvalue weighted by Gasteiger charge is 2.34. The van der Waals surface area contributed by atoms with Gasteiger partial charge in [-0.05, 0) is 31.5 Å². The molecule has 2 aromatic rings. The van der Waals surface area contributed by atoms with Gasteiger partial charge in [0.1, 0.15) is 0 Å². The highest BCUT2D eigenvalue weighted by atomic mass is 32.2. The first kappa shape index (κ1) is 19.5. The molecule has 1 unspecified atom stereocenters. The lowest BCUT2D eigenvalue weighted by Crippen LogP contribution is -2.39. The summed E-state index contributed by atoms with van der Waals surface area (Å²) in [6.07, 6.45) is -0.942. The predicted molar refractivity (Wildman–Crippen MR) is 103 cm³/mol. The highest BCUT2D eigenvalue weighted by molar-refractivity contribution is 7.89. The molecule has 0 radical (unpaired) electrons. The molecule has 144 valence electrons. The number of hydrogen-bond acceptors (Lipinski definition) is 4. The van der Waals surface area contributed by atoms with Crippen LogP contribution in [0.25, 0.3) is 0 Å². The van der Waals surface area contributed by atoms with Crippen molar-refractivity contribution in [2.75, 3.05) is 19.6 Å². The van der Waals surface area contributed by atoms with Crippen molar-refractivity contribution in [2.45, 2.75) is 31.4 Å². The van der Waals surface area contributed by atoms with Crippen molar-refractivity contribution in [1.29, 1.82) is 0 Å². The van der Waals surface area contributed by atoms with Gasteiger partial charge in [-0.15, -0.1) is 0 Å². The fourth-order valence-corrected chi connectivity index (χ4v) is 4.50. The Hall–Kier alpha value is -2.22. The normalized spacial score (nSPS) is 19.1. The molecule has 1 fully saturated rings. The Morgan fingerprint density at radius 3 is 2.11 bits per heavy atom. The quantitative estimate of drug-likeness (QED) is 0.865. The fraction of sp³-hybridized carbons (Fsp3) is 0.350. The van der Waals surface area contributed by atoms with Gasteiger partial charge in [0.2, 0.25) is 15.9 Å². The summed E-state index contributed by atoms with van der Waals surface area (Å²) in [6, 6.07) is 14.3. The van der Waals surface area contributed by atoms with E-state index < -0.39 is 16.1 Å². The summed E-state index contributed by atoms with van der Waals surface area (Å²) in [6.45, 7) is 3.92. The molecule has 0 saturated carbocycles. The monoisotopic (exact) mass is 388 g/mol. The van der Waals surface area contributed by atoms with E-state index in [9.17, 15) is 18.3 Å². The largest absolute Gasteiger partial charge is 0.390 e. The van der Waals surface area contributed by atoms with Gasteiger partial charge in [-0.1, -0.05) is 47.5 Å². The number of aryl methyl sites for hydroxylation is 2. The Balaban J connectivity index is 1.80. The van der Waals surface area contributed by atoms with Crippen LogP contribution in [0.5, 0.6) is 0 Å². The van der Waals surface area contributed by atoms with E-state index in [1.54, 1.807) is 12.1 Å². The van der Waals surface area contributed by atoms with Gasteiger partial charge >= 0.3 is 0 Å². The minimum Gasteiger partial charge on any atom is -0.390 e. The number of rotatable bonds is 4. The summed E-state index contributed by atoms with van der Waals surface area (Å²) >= 11 is 0. The van der Waals surface area contributed by atoms with E-state index >= 15 is 0 Å². The molecular weight excluding hydrogens is 364 g/mol. The lowest BCUT2D eigenvalue weighted by Gasteiger charge is -2.22. The van der Waals surface area contributed by atoms with Gasteiger partial charge in [0, 0.05) is 19.6 Å². The van der Waals surface area contributed by atoms with Crippen LogP contribution in [0.15, 0.2) is 53.4 Å². The second-order valence-corrected chi connectivity index (χ2v) is 8.96. The molecule has 1 aliphatic rings. The van der Waals surface area contributed by atoms with Crippen LogP contribution in [0.2, 0.25) is 0 Å². The lowest BCUT2D eigenvalue weighted by atomic mass is 10.1. The van der Waals surface area contributed by atoms with E-state index in [1.807, 2.05) is 38.1 Å². The maximum atomic E-state index is 12.9. The van der Waals surface area contributed by atoms with E-state index in [-0.39, 0.29) is 30.4 Å². The number of nitrogens with zero attached hydrogens (tertiary/aromatic N) is 2. The number of hydrogen-bond donors (Lipinski definition) is 1. The average Bonchev–Trinajstić information content (AvgIpc) is 2.76. The van der Waals surface area contributed by atoms with Crippen molar-refractivity contribution in [2.24, 2.45) is 0 Å². The second kappa shape index (κ2) is 7.80. The Bertz CT molecular complexity index is 908. The van der Waals surface area contributed by atoms with E-state index in [0.717, 1.165) is 21.0 Å². The Labute approximate surface area is 160 Å². The molecule has 1 saturated heterocycles. The fourth-order valence-electron chi connectivity index (χ4n) is 3.07. The minimum absolute atomic E-state index is 0.104. The molecule has 6 nitrogen and oxygen atoms in total. The van der Waals surface area contributed by atoms with Crippen molar-refractivity contribution < 1.29 is 18.3 Å². The van der Waals surface area contributed by atoms with Gasteiger partial charge in [-0.3, -0.25) is 4.79 Å². The van der Waals surface area contributed by atoms with Gasteiger partial charge < -0.3 is 10.0 Å². The summed E-state index contributed by atoms with van der Waals surface area (Å²) in [5.74, 6) is -0.317. The molecular formula is C20H24N2O4S. The van der Waals surface area contributed by atoms with Crippen molar-refractivity contribution in [3.63, 3.8) is 0 Å². The highest BCUT2D eigenvalue weighted by Crippen LogP contribution is 2.20. The van der Waals surface area contributed by atoms with Gasteiger partial charge in [0.25, 0.3) is 0 Å². The van der Waals surface area contributed by atoms with Crippen LogP contribution in [0, 0.1) is 13.8 Å². The van der Waals surface area contributed by atoms with Crippen molar-refractivity contribution >= 4 is 15.9 Å². The molecule has 0 bridgehead atoms. The summed E-state index contributed by atoms with van der Waals surface area (Å²) < 4.78 is 26.8. The van der Waals surface area contributed by atoms with Gasteiger partial charge in [-0.2, -0.15) is 4.31 Å². The summed E-state index contributed by atoms with van der Waals surface area (Å²) in [5, 5.41) is 10.3. The first-order valence-electron chi connectivity index (χ1n) is 8.84. The zero-order valence-electron chi connectivity index (χ0n) is 15.5. The van der Waals surface area contributed by atoms with Gasteiger partial charge in [0.15, 0.2) is 0 Å². The number of β-amino-alcohol motifs (C(OH)–C–C–N with tert-alkyl or cyclic N) is 1. The number of benzene rings is 2. The Morgan fingerprint density at radius 1 is 0.963 bits per heavy atom. The zero-order chi connectivity index (χ0) is 19.6. The van der Waals surface area contributed by atoms with Crippen molar-refractivity contribution in [3.05, 3.63) is 65.2 Å². The standard InChI is InChI=1S/C20H24N2O4S/c1-15-3-7-17(8-4-15)11-21-12-18(23)13-22(14-20(21)24)27(25,26)19-9-5-16(2)6-10-19/h3-10,18,23H,11-14H2,1-2H3. The molecule has 3 rings (SSSR count). The Kier molecular flexibility index (Phi) is 5.64. The zero-order valence-corrected chi connectivity index (χ0v) is 16.3. The van der Waals surface area contributed by atoms with Crippen LogP contribution >= 0.6 is 0 Å². The summed E-state index contributed by atoms with van der Waals surface area (Å²) in [4.78, 5) is 14.3. The second-order valence-electron chi connectivity index (χ2n) is 7.02. The van der Waals surface area contributed by atoms with Crippen LogP contribution < -0.4 is 0 Å². The predicted octanol–water partition coefficient (Wildman–Crippen LogP) is 1.70.